The zero-order valence-corrected chi connectivity index (χ0v) is 18.9. The molecule has 1 aromatic rings. The number of ether oxygens (including phenoxy) is 1. The SMILES string of the molecule is C=C(/C=C\C=C/C)[C@]1(COCc2cc(C(F)(F)F)cc(C(F)(F)F)c2)CC[C@H](NC(C)=O)CN1. The third-order valence-electron chi connectivity index (χ3n) is 5.49. The Morgan fingerprint density at radius 2 is 1.79 bits per heavy atom. The number of hydrogen-bond donors (Lipinski definition) is 2. The standard InChI is InChI=1S/C24H28F6N2O2/c1-4-5-6-7-16(2)22(9-8-21(13-31-22)32-17(3)33)15-34-14-18-10-19(23(25,26)27)12-20(11-18)24(28,29)30/h4-7,10-12,21,31H,2,8-9,13-15H2,1,3H3,(H,32,33)/b5-4-,7-6-/t21-,22+/m0/s1. The molecule has 1 saturated heterocycles. The average molecular weight is 490 g/mol. The van der Waals surface area contributed by atoms with Gasteiger partial charge in [0.1, 0.15) is 0 Å². The van der Waals surface area contributed by atoms with E-state index in [0.29, 0.717) is 37.1 Å². The molecule has 0 radical (unpaired) electrons. The van der Waals surface area contributed by atoms with Crippen LogP contribution in [0.3, 0.4) is 0 Å². The van der Waals surface area contributed by atoms with Crippen molar-refractivity contribution in [1.82, 2.24) is 10.6 Å². The average Bonchev–Trinajstić information content (AvgIpc) is 2.73. The van der Waals surface area contributed by atoms with E-state index in [0.717, 1.165) is 0 Å². The van der Waals surface area contributed by atoms with Crippen LogP contribution in [-0.4, -0.2) is 30.6 Å². The number of halogens is 6. The van der Waals surface area contributed by atoms with Crippen molar-refractivity contribution >= 4 is 5.91 Å². The fourth-order valence-electron chi connectivity index (χ4n) is 3.72. The molecule has 1 aliphatic rings. The molecule has 0 spiro atoms. The smallest absolute Gasteiger partial charge is 0.374 e. The summed E-state index contributed by atoms with van der Waals surface area (Å²) in [5.41, 5.74) is -3.15. The monoisotopic (exact) mass is 490 g/mol. The van der Waals surface area contributed by atoms with Crippen molar-refractivity contribution in [2.45, 2.75) is 57.2 Å². The quantitative estimate of drug-likeness (QED) is 0.371. The third-order valence-corrected chi connectivity index (χ3v) is 5.49. The first-order chi connectivity index (χ1) is 15.8. The van der Waals surface area contributed by atoms with Gasteiger partial charge in [-0.2, -0.15) is 26.3 Å². The maximum Gasteiger partial charge on any atom is 0.416 e. The first kappa shape index (κ1) is 27.7. The second kappa shape index (κ2) is 11.2. The Bertz CT molecular complexity index is 894. The maximum atomic E-state index is 13.1. The van der Waals surface area contributed by atoms with Crippen LogP contribution in [0, 0.1) is 0 Å². The van der Waals surface area contributed by atoms with Crippen LogP contribution in [0.1, 0.15) is 43.4 Å². The summed E-state index contributed by atoms with van der Waals surface area (Å²) >= 11 is 0. The first-order valence-corrected chi connectivity index (χ1v) is 10.6. The summed E-state index contributed by atoms with van der Waals surface area (Å²) in [7, 11) is 0. The Labute approximate surface area is 194 Å². The molecule has 0 saturated carbocycles. The molecule has 4 nitrogen and oxygen atoms in total. The highest BCUT2D eigenvalue weighted by Gasteiger charge is 2.38. The summed E-state index contributed by atoms with van der Waals surface area (Å²) in [5, 5.41) is 6.12. The predicted molar refractivity (Wildman–Crippen MR) is 117 cm³/mol. The van der Waals surface area contributed by atoms with E-state index in [1.54, 1.807) is 18.2 Å². The van der Waals surface area contributed by atoms with Gasteiger partial charge in [-0.3, -0.25) is 4.79 Å². The van der Waals surface area contributed by atoms with Crippen LogP contribution >= 0.6 is 0 Å². The third kappa shape index (κ3) is 7.73. The summed E-state index contributed by atoms with van der Waals surface area (Å²) in [6.07, 6.45) is -1.61. The van der Waals surface area contributed by atoms with Gasteiger partial charge in [0.05, 0.1) is 29.9 Å². The van der Waals surface area contributed by atoms with E-state index in [9.17, 15) is 31.1 Å². The molecule has 2 rings (SSSR count). The number of benzene rings is 1. The molecule has 1 aromatic carbocycles. The van der Waals surface area contributed by atoms with E-state index in [-0.39, 0.29) is 30.2 Å². The Morgan fingerprint density at radius 1 is 1.18 bits per heavy atom. The van der Waals surface area contributed by atoms with Crippen molar-refractivity contribution in [3.05, 3.63) is 71.3 Å². The molecule has 0 aliphatic carbocycles. The fourth-order valence-corrected chi connectivity index (χ4v) is 3.72. The number of rotatable bonds is 8. The number of alkyl halides is 6. The molecule has 1 aliphatic heterocycles. The molecule has 1 heterocycles. The van der Waals surface area contributed by atoms with Gasteiger partial charge >= 0.3 is 12.4 Å². The Hall–Kier alpha value is -2.59. The van der Waals surface area contributed by atoms with Crippen molar-refractivity contribution < 1.29 is 35.9 Å². The van der Waals surface area contributed by atoms with Crippen LogP contribution in [0.5, 0.6) is 0 Å². The molecule has 0 bridgehead atoms. The topological polar surface area (TPSA) is 50.4 Å². The van der Waals surface area contributed by atoms with Crippen molar-refractivity contribution in [3.8, 4) is 0 Å². The minimum absolute atomic E-state index is 0.0313. The van der Waals surface area contributed by atoms with Gasteiger partial charge < -0.3 is 15.4 Å². The second-order valence-electron chi connectivity index (χ2n) is 8.22. The molecule has 34 heavy (non-hydrogen) atoms. The molecule has 188 valence electrons. The molecule has 1 amide bonds. The summed E-state index contributed by atoms with van der Waals surface area (Å²) in [6, 6.07) is 1.29. The molecule has 1 fully saturated rings. The van der Waals surface area contributed by atoms with Crippen LogP contribution in [0.15, 0.2) is 54.7 Å². The van der Waals surface area contributed by atoms with Gasteiger partial charge in [-0.25, -0.2) is 0 Å². The van der Waals surface area contributed by atoms with Crippen LogP contribution in [0.4, 0.5) is 26.3 Å². The van der Waals surface area contributed by atoms with E-state index >= 15 is 0 Å². The largest absolute Gasteiger partial charge is 0.416 e. The molecule has 2 atom stereocenters. The molecule has 0 unspecified atom stereocenters. The van der Waals surface area contributed by atoms with Crippen molar-refractivity contribution in [3.63, 3.8) is 0 Å². The lowest BCUT2D eigenvalue weighted by atomic mass is 9.81. The number of piperidine rings is 1. The summed E-state index contributed by atoms with van der Waals surface area (Å²) in [5.74, 6) is -0.174. The van der Waals surface area contributed by atoms with E-state index in [4.69, 9.17) is 4.74 Å². The minimum Gasteiger partial charge on any atom is -0.374 e. The number of carbonyl (C=O) groups is 1. The van der Waals surface area contributed by atoms with Crippen molar-refractivity contribution in [2.24, 2.45) is 0 Å². The number of allylic oxidation sites excluding steroid dienone is 3. The van der Waals surface area contributed by atoms with Crippen LogP contribution in [-0.2, 0) is 28.5 Å². The molecule has 0 aromatic heterocycles. The Kier molecular flexibility index (Phi) is 9.13. The van der Waals surface area contributed by atoms with Crippen LogP contribution in [0.25, 0.3) is 0 Å². The van der Waals surface area contributed by atoms with E-state index in [2.05, 4.69) is 17.2 Å². The van der Waals surface area contributed by atoms with Crippen LogP contribution < -0.4 is 10.6 Å². The zero-order valence-electron chi connectivity index (χ0n) is 18.9. The van der Waals surface area contributed by atoms with E-state index in [1.165, 1.54) is 6.92 Å². The van der Waals surface area contributed by atoms with Gasteiger partial charge in [-0.05, 0) is 49.1 Å². The molecule has 2 N–H and O–H groups in total. The van der Waals surface area contributed by atoms with Gasteiger partial charge in [0.25, 0.3) is 0 Å². The van der Waals surface area contributed by atoms with Crippen molar-refractivity contribution in [1.29, 1.82) is 0 Å². The molecule has 10 heteroatoms. The van der Waals surface area contributed by atoms with E-state index in [1.807, 2.05) is 13.0 Å². The summed E-state index contributed by atoms with van der Waals surface area (Å²) in [6.45, 7) is 7.26. The number of carbonyl (C=O) groups excluding carboxylic acids is 1. The summed E-state index contributed by atoms with van der Waals surface area (Å²) < 4.78 is 84.4. The number of nitrogens with one attached hydrogen (secondary N) is 2. The number of amides is 1. The molecular weight excluding hydrogens is 462 g/mol. The van der Waals surface area contributed by atoms with E-state index < -0.39 is 35.6 Å². The number of hydrogen-bond acceptors (Lipinski definition) is 3. The second-order valence-corrected chi connectivity index (χ2v) is 8.22. The highest BCUT2D eigenvalue weighted by atomic mass is 19.4. The van der Waals surface area contributed by atoms with Gasteiger partial charge in [0.2, 0.25) is 5.91 Å². The van der Waals surface area contributed by atoms with Crippen molar-refractivity contribution in [2.75, 3.05) is 13.2 Å². The predicted octanol–water partition coefficient (Wildman–Crippen LogP) is 5.56. The van der Waals surface area contributed by atoms with Gasteiger partial charge in [0.15, 0.2) is 0 Å². The van der Waals surface area contributed by atoms with Crippen LogP contribution in [0.2, 0.25) is 0 Å². The zero-order chi connectivity index (χ0) is 25.6. The highest BCUT2D eigenvalue weighted by molar-refractivity contribution is 5.73. The normalized spacial score (nSPS) is 21.8. The fraction of sp³-hybridized carbons (Fsp3) is 0.458. The maximum absolute atomic E-state index is 13.1. The molecular formula is C24H28F6N2O2. The van der Waals surface area contributed by atoms with Gasteiger partial charge in [-0.15, -0.1) is 0 Å². The lowest BCUT2D eigenvalue weighted by Gasteiger charge is -2.42. The first-order valence-electron chi connectivity index (χ1n) is 10.6. The summed E-state index contributed by atoms with van der Waals surface area (Å²) in [4.78, 5) is 11.3. The minimum atomic E-state index is -4.92. The van der Waals surface area contributed by atoms with Gasteiger partial charge in [0, 0.05) is 19.5 Å². The van der Waals surface area contributed by atoms with Gasteiger partial charge in [-0.1, -0.05) is 30.9 Å². The lowest BCUT2D eigenvalue weighted by molar-refractivity contribution is -0.143. The highest BCUT2D eigenvalue weighted by Crippen LogP contribution is 2.36. The Morgan fingerprint density at radius 3 is 2.26 bits per heavy atom. The Balaban J connectivity index is 2.21. The lowest BCUT2D eigenvalue weighted by Crippen LogP contribution is -2.59.